The first-order valence-corrected chi connectivity index (χ1v) is 8.75. The van der Waals surface area contributed by atoms with E-state index < -0.39 is 6.10 Å². The van der Waals surface area contributed by atoms with Crippen LogP contribution in [0.15, 0.2) is 25.6 Å². The van der Waals surface area contributed by atoms with Crippen LogP contribution < -0.4 is 4.74 Å². The zero-order chi connectivity index (χ0) is 15.8. The quantitative estimate of drug-likeness (QED) is 0.460. The molecule has 0 aromatic heterocycles. The summed E-state index contributed by atoms with van der Waals surface area (Å²) >= 11 is 10.2. The fourth-order valence-electron chi connectivity index (χ4n) is 1.77. The van der Waals surface area contributed by atoms with Crippen molar-refractivity contribution < 1.29 is 20.1 Å². The number of ether oxygens (including phenoxy) is 1. The van der Waals surface area contributed by atoms with Gasteiger partial charge in [0.15, 0.2) is 0 Å². The Balaban J connectivity index is 0.00000441. The topological polar surface area (TPSA) is 73.2 Å². The van der Waals surface area contributed by atoms with E-state index in [2.05, 4.69) is 47.8 Å². The molecule has 0 aliphatic heterocycles. The SMILES string of the molecule is Cl.OCCN(CCO)CC(O)COc1c(Br)cc(Br)cc1Br. The Hall–Kier alpha value is 0.590. The van der Waals surface area contributed by atoms with Crippen molar-refractivity contribution in [2.45, 2.75) is 6.10 Å². The Bertz CT molecular complexity index is 424. The normalized spacial score (nSPS) is 12.1. The second-order valence-corrected chi connectivity index (χ2v) is 7.04. The molecular formula is C13H19Br3ClNO4. The number of aliphatic hydroxyl groups is 3. The van der Waals surface area contributed by atoms with E-state index in [-0.39, 0.29) is 32.2 Å². The summed E-state index contributed by atoms with van der Waals surface area (Å²) in [5.74, 6) is 0.619. The first kappa shape index (κ1) is 22.6. The fraction of sp³-hybridized carbons (Fsp3) is 0.538. The molecule has 0 saturated heterocycles. The first-order valence-electron chi connectivity index (χ1n) is 6.37. The Labute approximate surface area is 161 Å². The minimum atomic E-state index is -0.717. The average Bonchev–Trinajstić information content (AvgIpc) is 2.37. The summed E-state index contributed by atoms with van der Waals surface area (Å²) in [5, 5.41) is 27.9. The van der Waals surface area contributed by atoms with Gasteiger partial charge in [-0.05, 0) is 44.0 Å². The van der Waals surface area contributed by atoms with Crippen LogP contribution in [0.4, 0.5) is 0 Å². The van der Waals surface area contributed by atoms with Crippen LogP contribution in [-0.4, -0.2) is 65.8 Å². The second kappa shape index (κ2) is 12.0. The van der Waals surface area contributed by atoms with Crippen molar-refractivity contribution in [2.24, 2.45) is 0 Å². The molecule has 0 bridgehead atoms. The summed E-state index contributed by atoms with van der Waals surface area (Å²) in [6.07, 6.45) is -0.717. The van der Waals surface area contributed by atoms with E-state index in [1.165, 1.54) is 0 Å². The van der Waals surface area contributed by atoms with Crippen molar-refractivity contribution in [3.05, 3.63) is 25.6 Å². The predicted octanol–water partition coefficient (Wildman–Crippen LogP) is 2.42. The maximum absolute atomic E-state index is 10.0. The van der Waals surface area contributed by atoms with E-state index in [0.717, 1.165) is 13.4 Å². The van der Waals surface area contributed by atoms with Crippen LogP contribution in [0.3, 0.4) is 0 Å². The standard InChI is InChI=1S/C13H18Br3NO4.ClH/c14-9-5-11(15)13(12(16)6-9)21-8-10(20)7-17(1-3-18)2-4-19;/h5-6,10,18-20H,1-4,7-8H2;1H. The van der Waals surface area contributed by atoms with Gasteiger partial charge < -0.3 is 20.1 Å². The Morgan fingerprint density at radius 1 is 1.05 bits per heavy atom. The third-order valence-corrected chi connectivity index (χ3v) is 4.32. The van der Waals surface area contributed by atoms with Crippen LogP contribution in [0.25, 0.3) is 0 Å². The highest BCUT2D eigenvalue weighted by Crippen LogP contribution is 2.36. The van der Waals surface area contributed by atoms with Crippen LogP contribution in [0.1, 0.15) is 0 Å². The maximum Gasteiger partial charge on any atom is 0.147 e. The van der Waals surface area contributed by atoms with Crippen molar-refractivity contribution in [2.75, 3.05) is 39.5 Å². The van der Waals surface area contributed by atoms with Crippen LogP contribution in [-0.2, 0) is 0 Å². The molecule has 3 N–H and O–H groups in total. The highest BCUT2D eigenvalue weighted by Gasteiger charge is 2.14. The highest BCUT2D eigenvalue weighted by molar-refractivity contribution is 9.11. The van der Waals surface area contributed by atoms with Gasteiger partial charge in [-0.25, -0.2) is 0 Å². The number of nitrogens with zero attached hydrogens (tertiary/aromatic N) is 1. The molecule has 0 heterocycles. The number of hydrogen-bond acceptors (Lipinski definition) is 5. The summed E-state index contributed by atoms with van der Waals surface area (Å²) in [7, 11) is 0. The van der Waals surface area contributed by atoms with E-state index in [9.17, 15) is 5.11 Å². The lowest BCUT2D eigenvalue weighted by Crippen LogP contribution is -2.38. The van der Waals surface area contributed by atoms with Crippen molar-refractivity contribution in [3.8, 4) is 5.75 Å². The molecule has 9 heteroatoms. The molecule has 0 spiro atoms. The average molecular weight is 528 g/mol. The van der Waals surface area contributed by atoms with Gasteiger partial charge in [-0.3, -0.25) is 4.90 Å². The smallest absolute Gasteiger partial charge is 0.147 e. The molecule has 1 aromatic carbocycles. The summed E-state index contributed by atoms with van der Waals surface area (Å²) in [5.41, 5.74) is 0. The van der Waals surface area contributed by atoms with Crippen molar-refractivity contribution >= 4 is 60.2 Å². The van der Waals surface area contributed by atoms with Gasteiger partial charge in [-0.2, -0.15) is 0 Å². The van der Waals surface area contributed by atoms with Crippen LogP contribution in [0, 0.1) is 0 Å². The molecule has 1 rings (SSSR count). The molecule has 1 atom stereocenters. The van der Waals surface area contributed by atoms with Gasteiger partial charge in [0.2, 0.25) is 0 Å². The second-order valence-electron chi connectivity index (χ2n) is 4.41. The number of halogens is 4. The number of aliphatic hydroxyl groups excluding tert-OH is 3. The van der Waals surface area contributed by atoms with Gasteiger partial charge in [0.05, 0.1) is 22.2 Å². The lowest BCUT2D eigenvalue weighted by molar-refractivity contribution is 0.0548. The van der Waals surface area contributed by atoms with Crippen LogP contribution >= 0.6 is 60.2 Å². The Morgan fingerprint density at radius 3 is 2.00 bits per heavy atom. The third kappa shape index (κ3) is 7.92. The molecule has 128 valence electrons. The van der Waals surface area contributed by atoms with Gasteiger partial charge >= 0.3 is 0 Å². The third-order valence-electron chi connectivity index (χ3n) is 2.68. The predicted molar refractivity (Wildman–Crippen MR) is 98.9 cm³/mol. The molecule has 0 amide bonds. The van der Waals surface area contributed by atoms with Gasteiger partial charge in [-0.15, -0.1) is 12.4 Å². The largest absolute Gasteiger partial charge is 0.488 e. The van der Waals surface area contributed by atoms with Crippen LogP contribution in [0.2, 0.25) is 0 Å². The number of rotatable bonds is 9. The lowest BCUT2D eigenvalue weighted by Gasteiger charge is -2.23. The summed E-state index contributed by atoms with van der Waals surface area (Å²) < 4.78 is 8.09. The molecule has 0 aliphatic carbocycles. The van der Waals surface area contributed by atoms with Gasteiger partial charge in [0.25, 0.3) is 0 Å². The molecule has 1 unspecified atom stereocenters. The zero-order valence-corrected chi connectivity index (χ0v) is 17.3. The zero-order valence-electron chi connectivity index (χ0n) is 11.7. The monoisotopic (exact) mass is 525 g/mol. The molecule has 0 saturated carbocycles. The minimum absolute atomic E-state index is 0. The van der Waals surface area contributed by atoms with E-state index >= 15 is 0 Å². The van der Waals surface area contributed by atoms with E-state index in [1.807, 2.05) is 12.1 Å². The molecule has 22 heavy (non-hydrogen) atoms. The maximum atomic E-state index is 10.0. The minimum Gasteiger partial charge on any atom is -0.488 e. The molecule has 0 radical (unpaired) electrons. The summed E-state index contributed by atoms with van der Waals surface area (Å²) in [4.78, 5) is 1.78. The summed E-state index contributed by atoms with van der Waals surface area (Å²) in [6, 6.07) is 3.71. The van der Waals surface area contributed by atoms with E-state index in [0.29, 0.717) is 25.4 Å². The lowest BCUT2D eigenvalue weighted by atomic mass is 10.3. The Morgan fingerprint density at radius 2 is 1.55 bits per heavy atom. The fourth-order valence-corrected chi connectivity index (χ4v) is 4.26. The van der Waals surface area contributed by atoms with Crippen LogP contribution in [0.5, 0.6) is 5.75 Å². The Kier molecular flexibility index (Phi) is 12.3. The summed E-state index contributed by atoms with van der Waals surface area (Å²) in [6.45, 7) is 1.22. The number of hydrogen-bond donors (Lipinski definition) is 3. The van der Waals surface area contributed by atoms with Gasteiger partial charge in [0.1, 0.15) is 18.5 Å². The van der Waals surface area contributed by atoms with Gasteiger partial charge in [-0.1, -0.05) is 15.9 Å². The van der Waals surface area contributed by atoms with Crippen molar-refractivity contribution in [1.29, 1.82) is 0 Å². The molecule has 0 fully saturated rings. The number of benzene rings is 1. The van der Waals surface area contributed by atoms with Crippen molar-refractivity contribution in [3.63, 3.8) is 0 Å². The van der Waals surface area contributed by atoms with E-state index in [4.69, 9.17) is 14.9 Å². The molecule has 0 aliphatic rings. The molecular weight excluding hydrogens is 509 g/mol. The van der Waals surface area contributed by atoms with Crippen molar-refractivity contribution in [1.82, 2.24) is 4.90 Å². The van der Waals surface area contributed by atoms with E-state index in [1.54, 1.807) is 4.90 Å². The molecule has 5 nitrogen and oxygen atoms in total. The highest BCUT2D eigenvalue weighted by atomic mass is 79.9. The van der Waals surface area contributed by atoms with Gasteiger partial charge in [0, 0.05) is 24.1 Å². The molecule has 1 aromatic rings. The first-order chi connectivity index (χ1) is 9.97.